The predicted molar refractivity (Wildman–Crippen MR) is 85.5 cm³/mol. The summed E-state index contributed by atoms with van der Waals surface area (Å²) in [5, 5.41) is 2.99. The first-order valence-electron chi connectivity index (χ1n) is 7.60. The Bertz CT molecular complexity index is 644. The van der Waals surface area contributed by atoms with Gasteiger partial charge in [0.25, 0.3) is 5.91 Å². The van der Waals surface area contributed by atoms with Crippen LogP contribution in [0.1, 0.15) is 23.3 Å². The Labute approximate surface area is 130 Å². The van der Waals surface area contributed by atoms with E-state index in [2.05, 4.69) is 27.2 Å². The minimum absolute atomic E-state index is 0.119. The molecule has 1 aliphatic rings. The fourth-order valence-corrected chi connectivity index (χ4v) is 2.77. The molecule has 0 spiro atoms. The minimum Gasteiger partial charge on any atom is -0.349 e. The van der Waals surface area contributed by atoms with Gasteiger partial charge >= 0.3 is 0 Å². The van der Waals surface area contributed by atoms with Gasteiger partial charge in [-0.25, -0.2) is 4.98 Å². The highest BCUT2D eigenvalue weighted by Gasteiger charge is 2.21. The standard InChI is InChI=1S/C17H20N4O/c1-21-10-4-6-14(21)12-19-17(22)16-8-2-7-15(20-16)13-5-3-9-18-11-13/h2-3,5,7-9,11,14H,4,6,10,12H2,1H3,(H,19,22)/t14-/m0/s1. The molecule has 1 amide bonds. The van der Waals surface area contributed by atoms with Gasteiger partial charge in [0, 0.05) is 30.5 Å². The first-order chi connectivity index (χ1) is 10.7. The van der Waals surface area contributed by atoms with Crippen LogP contribution in [0.2, 0.25) is 0 Å². The van der Waals surface area contributed by atoms with E-state index in [0.717, 1.165) is 24.2 Å². The number of carbonyl (C=O) groups excluding carboxylic acids is 1. The monoisotopic (exact) mass is 296 g/mol. The SMILES string of the molecule is CN1CCC[C@H]1CNC(=O)c1cccc(-c2cccnc2)n1. The largest absolute Gasteiger partial charge is 0.349 e. The summed E-state index contributed by atoms with van der Waals surface area (Å²) in [6, 6.07) is 9.72. The Morgan fingerprint density at radius 3 is 3.00 bits per heavy atom. The van der Waals surface area contributed by atoms with Crippen molar-refractivity contribution in [2.24, 2.45) is 0 Å². The van der Waals surface area contributed by atoms with Gasteiger partial charge in [-0.15, -0.1) is 0 Å². The molecule has 1 saturated heterocycles. The van der Waals surface area contributed by atoms with Crippen LogP contribution in [-0.2, 0) is 0 Å². The Kier molecular flexibility index (Phi) is 4.44. The first-order valence-corrected chi connectivity index (χ1v) is 7.60. The van der Waals surface area contributed by atoms with Crippen LogP contribution >= 0.6 is 0 Å². The van der Waals surface area contributed by atoms with E-state index in [1.54, 1.807) is 18.5 Å². The zero-order chi connectivity index (χ0) is 15.4. The van der Waals surface area contributed by atoms with Crippen LogP contribution in [0, 0.1) is 0 Å². The summed E-state index contributed by atoms with van der Waals surface area (Å²) in [4.78, 5) is 23.1. The van der Waals surface area contributed by atoms with Gasteiger partial charge in [0.05, 0.1) is 5.69 Å². The third-order valence-corrected chi connectivity index (χ3v) is 4.11. The van der Waals surface area contributed by atoms with Crippen molar-refractivity contribution in [3.63, 3.8) is 0 Å². The number of rotatable bonds is 4. The van der Waals surface area contributed by atoms with E-state index in [1.807, 2.05) is 24.3 Å². The van der Waals surface area contributed by atoms with Crippen molar-refractivity contribution in [3.05, 3.63) is 48.4 Å². The summed E-state index contributed by atoms with van der Waals surface area (Å²) in [5.74, 6) is -0.119. The van der Waals surface area contributed by atoms with E-state index in [4.69, 9.17) is 0 Å². The number of carbonyl (C=O) groups is 1. The van der Waals surface area contributed by atoms with Gasteiger partial charge < -0.3 is 10.2 Å². The summed E-state index contributed by atoms with van der Waals surface area (Å²) in [6.45, 7) is 1.78. The lowest BCUT2D eigenvalue weighted by molar-refractivity contribution is 0.0939. The smallest absolute Gasteiger partial charge is 0.269 e. The fourth-order valence-electron chi connectivity index (χ4n) is 2.77. The van der Waals surface area contributed by atoms with E-state index in [1.165, 1.54) is 6.42 Å². The number of hydrogen-bond donors (Lipinski definition) is 1. The molecule has 5 heteroatoms. The van der Waals surface area contributed by atoms with Crippen molar-refractivity contribution < 1.29 is 4.79 Å². The first kappa shape index (κ1) is 14.7. The molecule has 2 aromatic rings. The average molecular weight is 296 g/mol. The van der Waals surface area contributed by atoms with Crippen molar-refractivity contribution in [2.75, 3.05) is 20.1 Å². The number of pyridine rings is 2. The molecule has 1 aliphatic heterocycles. The van der Waals surface area contributed by atoms with Crippen molar-refractivity contribution in [1.29, 1.82) is 0 Å². The molecule has 1 N–H and O–H groups in total. The summed E-state index contributed by atoms with van der Waals surface area (Å²) < 4.78 is 0. The molecule has 3 rings (SSSR count). The van der Waals surface area contributed by atoms with Crippen LogP contribution in [0.3, 0.4) is 0 Å². The van der Waals surface area contributed by atoms with Gasteiger partial charge in [-0.05, 0) is 50.7 Å². The predicted octanol–water partition coefficient (Wildman–Crippen LogP) is 1.97. The Morgan fingerprint density at radius 2 is 2.27 bits per heavy atom. The van der Waals surface area contributed by atoms with Crippen LogP contribution in [0.4, 0.5) is 0 Å². The Morgan fingerprint density at radius 1 is 1.36 bits per heavy atom. The third kappa shape index (κ3) is 3.31. The van der Waals surface area contributed by atoms with Crippen molar-refractivity contribution in [3.8, 4) is 11.3 Å². The maximum atomic E-state index is 12.3. The number of nitrogens with one attached hydrogen (secondary N) is 1. The summed E-state index contributed by atoms with van der Waals surface area (Å²) in [5.41, 5.74) is 2.12. The van der Waals surface area contributed by atoms with Gasteiger partial charge in [-0.1, -0.05) is 6.07 Å². The number of aromatic nitrogens is 2. The maximum absolute atomic E-state index is 12.3. The molecule has 0 saturated carbocycles. The van der Waals surface area contributed by atoms with Gasteiger partial charge in [-0.2, -0.15) is 0 Å². The van der Waals surface area contributed by atoms with E-state index >= 15 is 0 Å². The maximum Gasteiger partial charge on any atom is 0.269 e. The second-order valence-electron chi connectivity index (χ2n) is 5.64. The summed E-state index contributed by atoms with van der Waals surface area (Å²) in [6.07, 6.45) is 5.81. The molecular weight excluding hydrogens is 276 g/mol. The Hall–Kier alpha value is -2.27. The van der Waals surface area contributed by atoms with Gasteiger partial charge in [0.15, 0.2) is 0 Å². The zero-order valence-corrected chi connectivity index (χ0v) is 12.7. The molecular formula is C17H20N4O. The van der Waals surface area contributed by atoms with Gasteiger partial charge in [0.1, 0.15) is 5.69 Å². The minimum atomic E-state index is -0.119. The van der Waals surface area contributed by atoms with Crippen molar-refractivity contribution in [2.45, 2.75) is 18.9 Å². The quantitative estimate of drug-likeness (QED) is 0.937. The number of nitrogens with zero attached hydrogens (tertiary/aromatic N) is 3. The van der Waals surface area contributed by atoms with Crippen molar-refractivity contribution in [1.82, 2.24) is 20.2 Å². The zero-order valence-electron chi connectivity index (χ0n) is 12.7. The summed E-state index contributed by atoms with van der Waals surface area (Å²) >= 11 is 0. The van der Waals surface area contributed by atoms with E-state index in [9.17, 15) is 4.79 Å². The Balaban J connectivity index is 1.68. The molecule has 0 radical (unpaired) electrons. The molecule has 1 atom stereocenters. The number of amides is 1. The molecule has 3 heterocycles. The number of likely N-dealkylation sites (tertiary alicyclic amines) is 1. The molecule has 0 unspecified atom stereocenters. The summed E-state index contributed by atoms with van der Waals surface area (Å²) in [7, 11) is 2.10. The highest BCUT2D eigenvalue weighted by Crippen LogP contribution is 2.16. The number of hydrogen-bond acceptors (Lipinski definition) is 4. The molecule has 0 aliphatic carbocycles. The molecule has 5 nitrogen and oxygen atoms in total. The van der Waals surface area contributed by atoms with Crippen molar-refractivity contribution >= 4 is 5.91 Å². The lowest BCUT2D eigenvalue weighted by atomic mass is 10.2. The topological polar surface area (TPSA) is 58.1 Å². The molecule has 114 valence electrons. The average Bonchev–Trinajstić information content (AvgIpc) is 2.99. The van der Waals surface area contributed by atoms with Crippen LogP contribution < -0.4 is 5.32 Å². The molecule has 1 fully saturated rings. The fraction of sp³-hybridized carbons (Fsp3) is 0.353. The number of likely N-dealkylation sites (N-methyl/N-ethyl adjacent to an activating group) is 1. The highest BCUT2D eigenvalue weighted by atomic mass is 16.1. The van der Waals surface area contributed by atoms with E-state index in [-0.39, 0.29) is 5.91 Å². The second-order valence-corrected chi connectivity index (χ2v) is 5.64. The van der Waals surface area contributed by atoms with Gasteiger partial charge in [-0.3, -0.25) is 9.78 Å². The van der Waals surface area contributed by atoms with Crippen LogP contribution in [0.25, 0.3) is 11.3 Å². The van der Waals surface area contributed by atoms with Gasteiger partial charge in [0.2, 0.25) is 0 Å². The molecule has 0 bridgehead atoms. The second kappa shape index (κ2) is 6.66. The molecule has 0 aromatic carbocycles. The molecule has 22 heavy (non-hydrogen) atoms. The van der Waals surface area contributed by atoms with Crippen LogP contribution in [0.5, 0.6) is 0 Å². The van der Waals surface area contributed by atoms with Crippen LogP contribution in [-0.4, -0.2) is 47.0 Å². The van der Waals surface area contributed by atoms with Crippen LogP contribution in [0.15, 0.2) is 42.7 Å². The lowest BCUT2D eigenvalue weighted by Gasteiger charge is -2.19. The van der Waals surface area contributed by atoms with E-state index in [0.29, 0.717) is 18.3 Å². The highest BCUT2D eigenvalue weighted by molar-refractivity contribution is 5.92. The van der Waals surface area contributed by atoms with E-state index < -0.39 is 0 Å². The lowest BCUT2D eigenvalue weighted by Crippen LogP contribution is -2.38. The molecule has 2 aromatic heterocycles. The third-order valence-electron chi connectivity index (χ3n) is 4.11. The normalized spacial score (nSPS) is 18.3.